The average Bonchev–Trinajstić information content (AvgIpc) is 2.06. The first-order chi connectivity index (χ1) is 5.67. The normalized spacial score (nSPS) is 17.3. The van der Waals surface area contributed by atoms with Crippen LogP contribution in [0.15, 0.2) is 29.9 Å². The van der Waals surface area contributed by atoms with Gasteiger partial charge in [0.2, 0.25) is 0 Å². The Morgan fingerprint density at radius 1 is 1.67 bits per heavy atom. The molecule has 0 saturated heterocycles. The van der Waals surface area contributed by atoms with Crippen LogP contribution >= 0.6 is 0 Å². The zero-order valence-corrected chi connectivity index (χ0v) is 9.01. The van der Waals surface area contributed by atoms with Crippen LogP contribution in [-0.4, -0.2) is 13.4 Å². The van der Waals surface area contributed by atoms with E-state index in [0.29, 0.717) is 0 Å². The van der Waals surface area contributed by atoms with E-state index < -0.39 is 8.07 Å². The molecule has 0 saturated carbocycles. The van der Waals surface area contributed by atoms with Crippen molar-refractivity contribution in [3.63, 3.8) is 0 Å². The van der Waals surface area contributed by atoms with Crippen LogP contribution in [0.1, 0.15) is 12.8 Å². The highest BCUT2D eigenvalue weighted by Gasteiger charge is 2.25. The lowest BCUT2D eigenvalue weighted by Crippen LogP contribution is -2.37. The molecule has 66 valence electrons. The van der Waals surface area contributed by atoms with Gasteiger partial charge in [0.15, 0.2) is 0 Å². The number of rotatable bonds is 3. The van der Waals surface area contributed by atoms with Gasteiger partial charge in [-0.25, -0.2) is 0 Å². The molecule has 1 heterocycles. The second-order valence-electron chi connectivity index (χ2n) is 3.88. The number of nitrogens with zero attached hydrogens (tertiary/aromatic N) is 1. The van der Waals surface area contributed by atoms with Crippen LogP contribution in [0.3, 0.4) is 0 Å². The highest BCUT2D eigenvalue weighted by molar-refractivity contribution is 7.05. The molecule has 0 aromatic carbocycles. The third-order valence-corrected chi connectivity index (χ3v) is 5.57. The molecule has 12 heavy (non-hydrogen) atoms. The molecular weight excluding hydrogens is 162 g/mol. The van der Waals surface area contributed by atoms with Gasteiger partial charge in [-0.1, -0.05) is 25.2 Å². The maximum absolute atomic E-state index is 4.47. The summed E-state index contributed by atoms with van der Waals surface area (Å²) in [4.78, 5) is 4.47. The third-order valence-electron chi connectivity index (χ3n) is 2.32. The summed E-state index contributed by atoms with van der Waals surface area (Å²) in [6, 6.07) is 1.15. The van der Waals surface area contributed by atoms with Gasteiger partial charge in [0, 0.05) is 11.5 Å². The van der Waals surface area contributed by atoms with Crippen LogP contribution in [0, 0.1) is 0 Å². The molecule has 0 unspecified atom stereocenters. The van der Waals surface area contributed by atoms with Gasteiger partial charge in [0.25, 0.3) is 0 Å². The van der Waals surface area contributed by atoms with Gasteiger partial charge < -0.3 is 0 Å². The maximum atomic E-state index is 4.47. The van der Waals surface area contributed by atoms with Crippen molar-refractivity contribution in [2.75, 3.05) is 0 Å². The lowest BCUT2D eigenvalue weighted by atomic mass is 10.3. The summed E-state index contributed by atoms with van der Waals surface area (Å²) in [6.07, 6.45) is 8.47. The van der Waals surface area contributed by atoms with Crippen LogP contribution in [0.2, 0.25) is 19.1 Å². The minimum absolute atomic E-state index is 1.15. The van der Waals surface area contributed by atoms with Crippen LogP contribution in [-0.2, 0) is 0 Å². The van der Waals surface area contributed by atoms with Gasteiger partial charge in [-0.3, -0.25) is 4.99 Å². The second-order valence-corrected chi connectivity index (χ2v) is 8.63. The molecule has 1 aliphatic heterocycles. The molecule has 0 fully saturated rings. The smallest absolute Gasteiger partial charge is 0.103 e. The first-order valence-corrected chi connectivity index (χ1v) is 7.70. The van der Waals surface area contributed by atoms with Crippen molar-refractivity contribution in [2.24, 2.45) is 4.99 Å². The van der Waals surface area contributed by atoms with Crippen molar-refractivity contribution < 1.29 is 0 Å². The largest absolute Gasteiger partial charge is 0.271 e. The summed E-state index contributed by atoms with van der Waals surface area (Å²) in [6.45, 7) is 8.54. The van der Waals surface area contributed by atoms with E-state index in [1.807, 2.05) is 12.3 Å². The molecule has 0 amide bonds. The Bertz CT molecular complexity index is 226. The van der Waals surface area contributed by atoms with E-state index in [4.69, 9.17) is 0 Å². The predicted octanol–water partition coefficient (Wildman–Crippen LogP) is 3.17. The highest BCUT2D eigenvalue weighted by Crippen LogP contribution is 2.18. The first kappa shape index (κ1) is 9.45. The van der Waals surface area contributed by atoms with Crippen molar-refractivity contribution >= 4 is 13.4 Å². The number of hydrogen-bond donors (Lipinski definition) is 0. The fourth-order valence-corrected chi connectivity index (χ4v) is 3.70. The lowest BCUT2D eigenvalue weighted by molar-refractivity contribution is 1.07. The molecular formula is C10H17NSi. The van der Waals surface area contributed by atoms with Crippen molar-refractivity contribution in [3.05, 3.63) is 24.9 Å². The summed E-state index contributed by atoms with van der Waals surface area (Å²) in [7, 11) is -1.22. The van der Waals surface area contributed by atoms with Crippen molar-refractivity contribution in [1.82, 2.24) is 0 Å². The molecule has 1 nitrogen and oxygen atoms in total. The second kappa shape index (κ2) is 3.85. The molecule has 0 atom stereocenters. The Balaban J connectivity index is 2.72. The van der Waals surface area contributed by atoms with Crippen molar-refractivity contribution in [3.8, 4) is 0 Å². The average molecular weight is 179 g/mol. The van der Waals surface area contributed by atoms with E-state index in [-0.39, 0.29) is 0 Å². The number of hydrogen-bond acceptors (Lipinski definition) is 1. The molecule has 1 aliphatic rings. The first-order valence-electron chi connectivity index (χ1n) is 4.50. The Kier molecular flexibility index (Phi) is 3.03. The van der Waals surface area contributed by atoms with Gasteiger partial charge in [-0.2, -0.15) is 0 Å². The quantitative estimate of drug-likeness (QED) is 0.466. The lowest BCUT2D eigenvalue weighted by Gasteiger charge is -2.23. The zero-order valence-electron chi connectivity index (χ0n) is 8.01. The molecule has 1 rings (SSSR count). The fraction of sp³-hybridized carbons (Fsp3) is 0.500. The zero-order chi connectivity index (χ0) is 9.03. The Labute approximate surface area is 75.9 Å². The molecule has 0 spiro atoms. The summed E-state index contributed by atoms with van der Waals surface area (Å²) < 4.78 is 0. The van der Waals surface area contributed by atoms with E-state index >= 15 is 0 Å². The van der Waals surface area contributed by atoms with Gasteiger partial charge in [0.1, 0.15) is 8.07 Å². The minimum atomic E-state index is -1.22. The summed E-state index contributed by atoms with van der Waals surface area (Å²) in [5, 5.41) is 1.45. The SMILES string of the molecule is C=CC[Si](C)(C)C1=NC=CCC1. The predicted molar refractivity (Wildman–Crippen MR) is 58.3 cm³/mol. The van der Waals surface area contributed by atoms with E-state index in [9.17, 15) is 0 Å². The van der Waals surface area contributed by atoms with Gasteiger partial charge in [-0.15, -0.1) is 6.58 Å². The molecule has 0 aromatic rings. The van der Waals surface area contributed by atoms with Crippen LogP contribution in [0.5, 0.6) is 0 Å². The third kappa shape index (κ3) is 2.17. The van der Waals surface area contributed by atoms with E-state index in [1.165, 1.54) is 18.2 Å². The summed E-state index contributed by atoms with van der Waals surface area (Å²) in [5.74, 6) is 0. The van der Waals surface area contributed by atoms with Crippen molar-refractivity contribution in [2.45, 2.75) is 32.0 Å². The Morgan fingerprint density at radius 3 is 2.92 bits per heavy atom. The molecule has 0 radical (unpaired) electrons. The van der Waals surface area contributed by atoms with Crippen LogP contribution in [0.25, 0.3) is 0 Å². The van der Waals surface area contributed by atoms with Crippen LogP contribution in [0.4, 0.5) is 0 Å². The Hall–Kier alpha value is -0.633. The molecule has 0 N–H and O–H groups in total. The van der Waals surface area contributed by atoms with Gasteiger partial charge in [-0.05, 0) is 18.9 Å². The molecule has 0 aromatic heterocycles. The van der Waals surface area contributed by atoms with E-state index in [0.717, 1.165) is 6.04 Å². The minimum Gasteiger partial charge on any atom is -0.271 e. The Morgan fingerprint density at radius 2 is 2.42 bits per heavy atom. The maximum Gasteiger partial charge on any atom is 0.103 e. The van der Waals surface area contributed by atoms with E-state index in [2.05, 4.69) is 30.7 Å². The molecule has 0 bridgehead atoms. The van der Waals surface area contributed by atoms with E-state index in [1.54, 1.807) is 0 Å². The molecule has 0 aliphatic carbocycles. The summed E-state index contributed by atoms with van der Waals surface area (Å²) >= 11 is 0. The summed E-state index contributed by atoms with van der Waals surface area (Å²) in [5.41, 5.74) is 0. The fourth-order valence-electron chi connectivity index (χ4n) is 1.49. The van der Waals surface area contributed by atoms with Gasteiger partial charge in [0.05, 0.1) is 0 Å². The monoisotopic (exact) mass is 179 g/mol. The topological polar surface area (TPSA) is 12.4 Å². The van der Waals surface area contributed by atoms with Crippen LogP contribution < -0.4 is 0 Å². The standard InChI is InChI=1S/C10H17NSi/c1-4-9-12(2,3)10-7-5-6-8-11-10/h4,6,8H,1,5,7,9H2,2-3H3. The van der Waals surface area contributed by atoms with Gasteiger partial charge >= 0.3 is 0 Å². The molecule has 2 heteroatoms. The number of aliphatic imine (C=N–C) groups is 1. The number of allylic oxidation sites excluding steroid dienone is 2. The van der Waals surface area contributed by atoms with Crippen molar-refractivity contribution in [1.29, 1.82) is 0 Å². The highest BCUT2D eigenvalue weighted by atomic mass is 28.3.